The molecule has 2 aromatic rings. The highest BCUT2D eigenvalue weighted by molar-refractivity contribution is 5.92. The number of amides is 1. The zero-order chi connectivity index (χ0) is 16.5. The van der Waals surface area contributed by atoms with Crippen LogP contribution in [0.25, 0.3) is 0 Å². The highest BCUT2D eigenvalue weighted by atomic mass is 16.5. The van der Waals surface area contributed by atoms with Crippen LogP contribution in [0.2, 0.25) is 0 Å². The molecular weight excluding hydrogens is 302 g/mol. The summed E-state index contributed by atoms with van der Waals surface area (Å²) < 4.78 is 5.30. The fourth-order valence-corrected chi connectivity index (χ4v) is 3.54. The van der Waals surface area contributed by atoms with E-state index >= 15 is 0 Å². The summed E-state index contributed by atoms with van der Waals surface area (Å²) in [4.78, 5) is 21.0. The van der Waals surface area contributed by atoms with Gasteiger partial charge in [-0.1, -0.05) is 18.2 Å². The van der Waals surface area contributed by atoms with Crippen molar-refractivity contribution in [1.82, 2.24) is 9.88 Å². The molecule has 1 aromatic heterocycles. The molecule has 5 nitrogen and oxygen atoms in total. The molecule has 1 aromatic carbocycles. The molecule has 0 bridgehead atoms. The van der Waals surface area contributed by atoms with Gasteiger partial charge in [0.15, 0.2) is 0 Å². The number of ether oxygens (including phenoxy) is 1. The van der Waals surface area contributed by atoms with E-state index in [0.717, 1.165) is 12.1 Å². The molecule has 0 radical (unpaired) electrons. The maximum absolute atomic E-state index is 12.5. The molecule has 24 heavy (non-hydrogen) atoms. The maximum Gasteiger partial charge on any atom is 0.272 e. The van der Waals surface area contributed by atoms with Crippen molar-refractivity contribution in [2.24, 2.45) is 0 Å². The van der Waals surface area contributed by atoms with Gasteiger partial charge in [0, 0.05) is 24.8 Å². The number of benzene rings is 1. The van der Waals surface area contributed by atoms with Crippen LogP contribution in [0, 0.1) is 0 Å². The van der Waals surface area contributed by atoms with Gasteiger partial charge in [-0.25, -0.2) is 4.98 Å². The van der Waals surface area contributed by atoms with Crippen LogP contribution >= 0.6 is 0 Å². The van der Waals surface area contributed by atoms with Crippen molar-refractivity contribution < 1.29 is 9.53 Å². The second-order valence-corrected chi connectivity index (χ2v) is 6.36. The molecule has 5 heteroatoms. The Bertz CT molecular complexity index is 739. The predicted octanol–water partition coefficient (Wildman–Crippen LogP) is 2.64. The smallest absolute Gasteiger partial charge is 0.272 e. The molecule has 1 amide bonds. The van der Waals surface area contributed by atoms with Gasteiger partial charge in [-0.05, 0) is 37.1 Å². The first-order valence-corrected chi connectivity index (χ1v) is 8.44. The van der Waals surface area contributed by atoms with Crippen molar-refractivity contribution in [3.63, 3.8) is 0 Å². The molecule has 2 aliphatic heterocycles. The maximum atomic E-state index is 12.5. The van der Waals surface area contributed by atoms with Gasteiger partial charge in [0.1, 0.15) is 5.69 Å². The van der Waals surface area contributed by atoms with Gasteiger partial charge in [0.2, 0.25) is 0 Å². The molecule has 1 saturated heterocycles. The van der Waals surface area contributed by atoms with Crippen LogP contribution < -0.4 is 4.90 Å². The molecule has 0 aliphatic carbocycles. The number of para-hydroxylation sites is 1. The lowest BCUT2D eigenvalue weighted by atomic mass is 10.1. The van der Waals surface area contributed by atoms with Crippen LogP contribution in [0.4, 0.5) is 11.4 Å². The average molecular weight is 323 g/mol. The molecule has 3 heterocycles. The summed E-state index contributed by atoms with van der Waals surface area (Å²) in [5.74, 6) is -0.0141. The lowest BCUT2D eigenvalue weighted by Gasteiger charge is -2.27. The summed E-state index contributed by atoms with van der Waals surface area (Å²) in [6.07, 6.45) is 2.84. The molecule has 1 atom stereocenters. The number of morpholine rings is 1. The molecule has 0 N–H and O–H groups in total. The minimum absolute atomic E-state index is 0.0141. The van der Waals surface area contributed by atoms with E-state index < -0.39 is 0 Å². The lowest BCUT2D eigenvalue weighted by Crippen LogP contribution is -2.41. The van der Waals surface area contributed by atoms with Crippen LogP contribution in [-0.4, -0.2) is 48.1 Å². The van der Waals surface area contributed by atoms with Crippen molar-refractivity contribution in [3.8, 4) is 0 Å². The normalized spacial score (nSPS) is 20.1. The van der Waals surface area contributed by atoms with Crippen molar-refractivity contribution in [1.29, 1.82) is 0 Å². The number of carbonyl (C=O) groups is 1. The van der Waals surface area contributed by atoms with Crippen LogP contribution in [0.1, 0.15) is 23.0 Å². The molecule has 0 saturated carbocycles. The highest BCUT2D eigenvalue weighted by Crippen LogP contribution is 2.37. The van der Waals surface area contributed by atoms with Gasteiger partial charge in [0.05, 0.1) is 25.1 Å². The van der Waals surface area contributed by atoms with E-state index in [2.05, 4.69) is 41.1 Å². The fourth-order valence-electron chi connectivity index (χ4n) is 3.54. The SMILES string of the molecule is CC1Cc2ccccc2N1c1ccc(C(=O)N2CCOCC2)nc1. The minimum Gasteiger partial charge on any atom is -0.378 e. The Hall–Kier alpha value is -2.40. The molecule has 1 fully saturated rings. The Labute approximate surface area is 141 Å². The largest absolute Gasteiger partial charge is 0.378 e. The lowest BCUT2D eigenvalue weighted by molar-refractivity contribution is 0.0299. The number of fused-ring (bicyclic) bond motifs is 1. The molecule has 2 aliphatic rings. The van der Waals surface area contributed by atoms with E-state index in [4.69, 9.17) is 4.74 Å². The summed E-state index contributed by atoms with van der Waals surface area (Å²) in [6.45, 7) is 4.70. The minimum atomic E-state index is -0.0141. The van der Waals surface area contributed by atoms with E-state index in [9.17, 15) is 4.79 Å². The summed E-state index contributed by atoms with van der Waals surface area (Å²) in [5, 5.41) is 0. The first-order valence-electron chi connectivity index (χ1n) is 8.44. The third-order valence-electron chi connectivity index (χ3n) is 4.75. The van der Waals surface area contributed by atoms with Crippen molar-refractivity contribution in [2.45, 2.75) is 19.4 Å². The van der Waals surface area contributed by atoms with Crippen molar-refractivity contribution in [3.05, 3.63) is 53.9 Å². The summed E-state index contributed by atoms with van der Waals surface area (Å²) >= 11 is 0. The van der Waals surface area contributed by atoms with E-state index in [1.807, 2.05) is 18.3 Å². The molecule has 0 spiro atoms. The van der Waals surface area contributed by atoms with Crippen LogP contribution in [-0.2, 0) is 11.2 Å². The number of rotatable bonds is 2. The second-order valence-electron chi connectivity index (χ2n) is 6.36. The van der Waals surface area contributed by atoms with Crippen molar-refractivity contribution >= 4 is 17.3 Å². The number of anilines is 2. The van der Waals surface area contributed by atoms with Gasteiger partial charge < -0.3 is 14.5 Å². The summed E-state index contributed by atoms with van der Waals surface area (Å²) in [5.41, 5.74) is 4.13. The third-order valence-corrected chi connectivity index (χ3v) is 4.75. The zero-order valence-corrected chi connectivity index (χ0v) is 13.8. The average Bonchev–Trinajstić information content (AvgIpc) is 2.98. The Morgan fingerprint density at radius 3 is 2.71 bits per heavy atom. The zero-order valence-electron chi connectivity index (χ0n) is 13.8. The van der Waals surface area contributed by atoms with Gasteiger partial charge in [0.25, 0.3) is 5.91 Å². The summed E-state index contributed by atoms with van der Waals surface area (Å²) in [6, 6.07) is 12.7. The third kappa shape index (κ3) is 2.65. The van der Waals surface area contributed by atoms with Crippen molar-refractivity contribution in [2.75, 3.05) is 31.2 Å². The Kier molecular flexibility index (Phi) is 3.94. The number of aromatic nitrogens is 1. The Morgan fingerprint density at radius 2 is 1.96 bits per heavy atom. The second kappa shape index (κ2) is 6.24. The van der Waals surface area contributed by atoms with Crippen LogP contribution in [0.5, 0.6) is 0 Å². The molecule has 1 unspecified atom stereocenters. The summed E-state index contributed by atoms with van der Waals surface area (Å²) in [7, 11) is 0. The van der Waals surface area contributed by atoms with Gasteiger partial charge >= 0.3 is 0 Å². The highest BCUT2D eigenvalue weighted by Gasteiger charge is 2.27. The first kappa shape index (κ1) is 15.1. The molecule has 4 rings (SSSR count). The predicted molar refractivity (Wildman–Crippen MR) is 92.7 cm³/mol. The van der Waals surface area contributed by atoms with Gasteiger partial charge in [-0.3, -0.25) is 4.79 Å². The first-order chi connectivity index (χ1) is 11.7. The monoisotopic (exact) mass is 323 g/mol. The Balaban J connectivity index is 1.57. The van der Waals surface area contributed by atoms with E-state index in [1.165, 1.54) is 11.3 Å². The van der Waals surface area contributed by atoms with E-state index in [0.29, 0.717) is 38.0 Å². The van der Waals surface area contributed by atoms with Gasteiger partial charge in [-0.15, -0.1) is 0 Å². The number of nitrogens with zero attached hydrogens (tertiary/aromatic N) is 3. The number of hydrogen-bond acceptors (Lipinski definition) is 4. The van der Waals surface area contributed by atoms with Crippen LogP contribution in [0.3, 0.4) is 0 Å². The standard InChI is InChI=1S/C19H21N3O2/c1-14-12-15-4-2-3-5-18(15)22(14)16-6-7-17(20-13-16)19(23)21-8-10-24-11-9-21/h2-7,13-14H,8-12H2,1H3. The van der Waals surface area contributed by atoms with E-state index in [-0.39, 0.29) is 5.91 Å². The van der Waals surface area contributed by atoms with E-state index in [1.54, 1.807) is 4.90 Å². The number of carbonyl (C=O) groups excluding carboxylic acids is 1. The Morgan fingerprint density at radius 1 is 1.17 bits per heavy atom. The topological polar surface area (TPSA) is 45.7 Å². The molecular formula is C19H21N3O2. The molecule has 124 valence electrons. The van der Waals surface area contributed by atoms with Gasteiger partial charge in [-0.2, -0.15) is 0 Å². The fraction of sp³-hybridized carbons (Fsp3) is 0.368. The quantitative estimate of drug-likeness (QED) is 0.852. The number of pyridine rings is 1. The number of hydrogen-bond donors (Lipinski definition) is 0. The van der Waals surface area contributed by atoms with Crippen LogP contribution in [0.15, 0.2) is 42.6 Å².